The van der Waals surface area contributed by atoms with E-state index in [0.717, 1.165) is 19.3 Å². The number of aliphatic hydroxyl groups excluding tert-OH is 1. The van der Waals surface area contributed by atoms with Gasteiger partial charge in [0.05, 0.1) is 6.61 Å². The van der Waals surface area contributed by atoms with Crippen molar-refractivity contribution in [3.8, 4) is 0 Å². The minimum atomic E-state index is -1.20. The Morgan fingerprint density at radius 2 is 1.00 bits per heavy atom. The summed E-state index contributed by atoms with van der Waals surface area (Å²) < 4.78 is 0. The number of amides is 1. The van der Waals surface area contributed by atoms with Crippen LogP contribution in [0.4, 0.5) is 0 Å². The van der Waals surface area contributed by atoms with E-state index in [-0.39, 0.29) is 5.91 Å². The molecule has 0 heterocycles. The molecule has 0 rings (SSSR count). The number of nitrogens with one attached hydrogen (secondary N) is 1. The van der Waals surface area contributed by atoms with Gasteiger partial charge >= 0.3 is 5.97 Å². The maximum Gasteiger partial charge on any atom is 0.328 e. The highest BCUT2D eigenvalue weighted by atomic mass is 16.4. The first kappa shape index (κ1) is 27.9. The van der Waals surface area contributed by atoms with Crippen LogP contribution in [0, 0.1) is 0 Å². The van der Waals surface area contributed by atoms with Gasteiger partial charge in [-0.1, -0.05) is 116 Å². The normalized spacial score (nSPS) is 12.1. The van der Waals surface area contributed by atoms with Crippen molar-refractivity contribution < 1.29 is 19.8 Å². The molecule has 0 aliphatic rings. The van der Waals surface area contributed by atoms with E-state index >= 15 is 0 Å². The quantitative estimate of drug-likeness (QED) is 0.191. The smallest absolute Gasteiger partial charge is 0.328 e. The average Bonchev–Trinajstić information content (AvgIpc) is 2.70. The van der Waals surface area contributed by atoms with Crippen LogP contribution in [-0.2, 0) is 9.59 Å². The third-order valence-electron chi connectivity index (χ3n) is 5.57. The van der Waals surface area contributed by atoms with Crippen molar-refractivity contribution in [3.05, 3.63) is 0 Å². The van der Waals surface area contributed by atoms with Crippen LogP contribution in [0.5, 0.6) is 0 Å². The molecule has 0 aromatic rings. The van der Waals surface area contributed by atoms with E-state index in [1.165, 1.54) is 96.3 Å². The predicted octanol–water partition coefficient (Wildman–Crippen LogP) is 5.98. The van der Waals surface area contributed by atoms with Crippen LogP contribution in [0.25, 0.3) is 0 Å². The molecule has 0 spiro atoms. The van der Waals surface area contributed by atoms with E-state index < -0.39 is 18.6 Å². The van der Waals surface area contributed by atoms with Crippen molar-refractivity contribution in [2.75, 3.05) is 6.61 Å². The lowest BCUT2D eigenvalue weighted by Gasteiger charge is -2.11. The summed E-state index contributed by atoms with van der Waals surface area (Å²) in [6.07, 6.45) is 23.8. The zero-order chi connectivity index (χ0) is 21.6. The van der Waals surface area contributed by atoms with E-state index in [9.17, 15) is 9.59 Å². The fourth-order valence-corrected chi connectivity index (χ4v) is 3.64. The Balaban J connectivity index is 3.22. The molecule has 0 aromatic heterocycles. The van der Waals surface area contributed by atoms with E-state index in [2.05, 4.69) is 12.2 Å². The number of aliphatic carboxylic acids is 1. The number of hydrogen-bond acceptors (Lipinski definition) is 3. The first-order valence-electron chi connectivity index (χ1n) is 12.2. The van der Waals surface area contributed by atoms with Gasteiger partial charge in [-0.3, -0.25) is 4.79 Å². The Hall–Kier alpha value is -1.10. The molecular formula is C24H47NO4. The van der Waals surface area contributed by atoms with Gasteiger partial charge in [0.1, 0.15) is 6.04 Å². The molecule has 172 valence electrons. The first-order valence-corrected chi connectivity index (χ1v) is 12.2. The molecule has 0 aliphatic heterocycles. The number of unbranched alkanes of at least 4 members (excludes halogenated alkanes) is 17. The fourth-order valence-electron chi connectivity index (χ4n) is 3.64. The van der Waals surface area contributed by atoms with Crippen molar-refractivity contribution in [2.24, 2.45) is 0 Å². The molecule has 0 bridgehead atoms. The number of carbonyl (C=O) groups is 2. The van der Waals surface area contributed by atoms with E-state index in [1.807, 2.05) is 0 Å². The van der Waals surface area contributed by atoms with Crippen molar-refractivity contribution in [2.45, 2.75) is 135 Å². The molecule has 1 atom stereocenters. The van der Waals surface area contributed by atoms with Crippen LogP contribution in [0.15, 0.2) is 0 Å². The second-order valence-corrected chi connectivity index (χ2v) is 8.40. The molecule has 3 N–H and O–H groups in total. The molecule has 5 heteroatoms. The van der Waals surface area contributed by atoms with Gasteiger partial charge in [-0.05, 0) is 6.42 Å². The van der Waals surface area contributed by atoms with Gasteiger partial charge in [-0.15, -0.1) is 0 Å². The van der Waals surface area contributed by atoms with Crippen LogP contribution in [0.3, 0.4) is 0 Å². The van der Waals surface area contributed by atoms with Crippen molar-refractivity contribution in [3.63, 3.8) is 0 Å². The van der Waals surface area contributed by atoms with E-state index in [1.54, 1.807) is 0 Å². The second kappa shape index (κ2) is 21.6. The average molecular weight is 414 g/mol. The molecule has 1 amide bonds. The third-order valence-corrected chi connectivity index (χ3v) is 5.57. The molecular weight excluding hydrogens is 366 g/mol. The topological polar surface area (TPSA) is 86.6 Å². The van der Waals surface area contributed by atoms with Crippen LogP contribution in [0.1, 0.15) is 129 Å². The lowest BCUT2D eigenvalue weighted by Crippen LogP contribution is -2.43. The summed E-state index contributed by atoms with van der Waals surface area (Å²) >= 11 is 0. The van der Waals surface area contributed by atoms with Gasteiger partial charge in [0.2, 0.25) is 5.91 Å². The molecule has 29 heavy (non-hydrogen) atoms. The summed E-state index contributed by atoms with van der Waals surface area (Å²) in [5.41, 5.74) is 0. The summed E-state index contributed by atoms with van der Waals surface area (Å²) in [7, 11) is 0. The fraction of sp³-hybridized carbons (Fsp3) is 0.917. The van der Waals surface area contributed by atoms with Crippen LogP contribution in [0.2, 0.25) is 0 Å². The molecule has 0 fully saturated rings. The summed E-state index contributed by atoms with van der Waals surface area (Å²) in [6.45, 7) is 1.70. The van der Waals surface area contributed by atoms with Crippen molar-refractivity contribution in [1.82, 2.24) is 5.32 Å². The van der Waals surface area contributed by atoms with Crippen LogP contribution >= 0.6 is 0 Å². The van der Waals surface area contributed by atoms with Gasteiger partial charge in [0, 0.05) is 6.42 Å². The van der Waals surface area contributed by atoms with Gasteiger partial charge < -0.3 is 15.5 Å². The van der Waals surface area contributed by atoms with E-state index in [4.69, 9.17) is 10.2 Å². The Kier molecular flexibility index (Phi) is 20.8. The number of hydrogen-bond donors (Lipinski definition) is 3. The van der Waals surface area contributed by atoms with Crippen LogP contribution in [-0.4, -0.2) is 34.7 Å². The Bertz CT molecular complexity index is 387. The van der Waals surface area contributed by atoms with Gasteiger partial charge in [0.15, 0.2) is 0 Å². The minimum Gasteiger partial charge on any atom is -0.480 e. The van der Waals surface area contributed by atoms with Gasteiger partial charge in [0.25, 0.3) is 0 Å². The van der Waals surface area contributed by atoms with Crippen molar-refractivity contribution >= 4 is 11.9 Å². The first-order chi connectivity index (χ1) is 14.1. The van der Waals surface area contributed by atoms with Crippen molar-refractivity contribution in [1.29, 1.82) is 0 Å². The second-order valence-electron chi connectivity index (χ2n) is 8.40. The molecule has 0 saturated carbocycles. The Labute approximate surface area is 179 Å². The standard InChI is InChI=1S/C24H47NO4/c1-2-3-4-5-6-7-8-9-10-11-12-13-14-15-16-17-18-19-20-23(27)25-22(21-26)24(28)29/h22,26H,2-21H2,1H3,(H,25,27)(H,28,29)/t22-/m0/s1. The monoisotopic (exact) mass is 413 g/mol. The largest absolute Gasteiger partial charge is 0.480 e. The zero-order valence-electron chi connectivity index (χ0n) is 18.9. The molecule has 0 radical (unpaired) electrons. The summed E-state index contributed by atoms with van der Waals surface area (Å²) in [5, 5.41) is 20.0. The third kappa shape index (κ3) is 20.0. The molecule has 0 saturated heterocycles. The number of carboxylic acid groups (broad SMARTS) is 1. The van der Waals surface area contributed by atoms with Gasteiger partial charge in [-0.2, -0.15) is 0 Å². The minimum absolute atomic E-state index is 0.289. The zero-order valence-corrected chi connectivity index (χ0v) is 18.9. The lowest BCUT2D eigenvalue weighted by molar-refractivity contribution is -0.142. The highest BCUT2D eigenvalue weighted by Crippen LogP contribution is 2.14. The predicted molar refractivity (Wildman–Crippen MR) is 120 cm³/mol. The summed E-state index contributed by atoms with van der Waals surface area (Å²) in [6, 6.07) is -1.18. The van der Waals surface area contributed by atoms with E-state index in [0.29, 0.717) is 6.42 Å². The number of aliphatic hydroxyl groups is 1. The lowest BCUT2D eigenvalue weighted by atomic mass is 10.0. The Morgan fingerprint density at radius 1 is 0.655 bits per heavy atom. The highest BCUT2D eigenvalue weighted by molar-refractivity contribution is 5.83. The summed E-state index contributed by atoms with van der Waals surface area (Å²) in [4.78, 5) is 22.3. The SMILES string of the molecule is CCCCCCCCCCCCCCCCCCCCC(=O)N[C@@H](CO)C(=O)O. The van der Waals surface area contributed by atoms with Gasteiger partial charge in [-0.25, -0.2) is 4.79 Å². The molecule has 0 aliphatic carbocycles. The number of rotatable bonds is 22. The molecule has 5 nitrogen and oxygen atoms in total. The summed E-state index contributed by atoms with van der Waals surface area (Å²) in [5.74, 6) is -1.48. The van der Waals surface area contributed by atoms with Crippen LogP contribution < -0.4 is 5.32 Å². The highest BCUT2D eigenvalue weighted by Gasteiger charge is 2.17. The Morgan fingerprint density at radius 3 is 1.31 bits per heavy atom. The maximum absolute atomic E-state index is 11.6. The molecule has 0 aromatic carbocycles. The maximum atomic E-state index is 11.6. The molecule has 0 unspecified atom stereocenters. The number of carbonyl (C=O) groups excluding carboxylic acids is 1. The number of carboxylic acids is 1.